The maximum Gasteiger partial charge on any atom is 1.00 e. The second-order valence-electron chi connectivity index (χ2n) is 2.54. The molecule has 0 saturated heterocycles. The smallest absolute Gasteiger partial charge is 1.00 e. The van der Waals surface area contributed by atoms with Gasteiger partial charge in [0.1, 0.15) is 0 Å². The molecular weight excluding hydrogens is 199 g/mol. The second-order valence-corrected chi connectivity index (χ2v) is 2.54. The summed E-state index contributed by atoms with van der Waals surface area (Å²) < 4.78 is 0. The Morgan fingerprint density at radius 3 is 1.57 bits per heavy atom. The van der Waals surface area contributed by atoms with Crippen molar-refractivity contribution < 1.29 is 50.2 Å². The summed E-state index contributed by atoms with van der Waals surface area (Å²) in [7, 11) is 0. The molecule has 0 saturated carbocycles. The molecule has 0 fully saturated rings. The van der Waals surface area contributed by atoms with Crippen LogP contribution in [-0.2, 0) is 19.3 Å². The second kappa shape index (κ2) is 10.9. The Morgan fingerprint density at radius 2 is 1.29 bits per heavy atom. The van der Waals surface area contributed by atoms with Crippen LogP contribution in [-0.4, -0.2) is 11.9 Å². The van der Waals surface area contributed by atoms with Crippen LogP contribution in [0.3, 0.4) is 0 Å². The van der Waals surface area contributed by atoms with Gasteiger partial charge in [-0.3, -0.25) is 9.59 Å². The first-order valence-corrected chi connectivity index (χ1v) is 4.00. The van der Waals surface area contributed by atoms with Gasteiger partial charge in [-0.05, 0) is 12.8 Å². The number of carbonyl (C=O) groups excluding carboxylic acids is 2. The quantitative estimate of drug-likeness (QED) is 0.275. The van der Waals surface area contributed by atoms with Gasteiger partial charge in [-0.15, -0.1) is 0 Å². The van der Waals surface area contributed by atoms with Gasteiger partial charge in [0, 0.05) is 12.8 Å². The summed E-state index contributed by atoms with van der Waals surface area (Å²) in [5, 5.41) is 0. The minimum absolute atomic E-state index is 0. The van der Waals surface area contributed by atoms with Gasteiger partial charge >= 0.3 is 41.5 Å². The van der Waals surface area contributed by atoms with Crippen LogP contribution in [0.4, 0.5) is 0 Å². The minimum atomic E-state index is -0.443. The Bertz CT molecular complexity index is 164. The van der Waals surface area contributed by atoms with E-state index in [0.29, 0.717) is 12.8 Å². The number of nitrogens with two attached hydrogens (primary N) is 2. The molecule has 0 aliphatic rings. The van der Waals surface area contributed by atoms with Crippen molar-refractivity contribution in [2.75, 3.05) is 0 Å². The Balaban J connectivity index is -0.000000720. The van der Waals surface area contributed by atoms with Crippen molar-refractivity contribution in [1.82, 2.24) is 0 Å². The third-order valence-corrected chi connectivity index (χ3v) is 1.52. The normalized spacial score (nSPS) is 8.71. The van der Waals surface area contributed by atoms with E-state index >= 15 is 0 Å². The van der Waals surface area contributed by atoms with Crippen LogP contribution in [0.5, 0.6) is 0 Å². The van der Waals surface area contributed by atoms with Gasteiger partial charge in [-0.2, -0.15) is 11.8 Å². The zero-order chi connectivity index (χ0) is 10.1. The number of carbonyl (C=O) groups is 2. The molecule has 0 heterocycles. The van der Waals surface area contributed by atoms with Crippen LogP contribution in [0.25, 0.3) is 0 Å². The van der Waals surface area contributed by atoms with E-state index in [0.717, 1.165) is 6.42 Å². The van der Waals surface area contributed by atoms with Crippen LogP contribution in [0.2, 0.25) is 0 Å². The first kappa shape index (κ1) is 16.3. The van der Waals surface area contributed by atoms with Gasteiger partial charge in [0.15, 0.2) is 0 Å². The van der Waals surface area contributed by atoms with Crippen LogP contribution in [0.15, 0.2) is 0 Å². The summed E-state index contributed by atoms with van der Waals surface area (Å²) in [6, 6.07) is 0. The number of rotatable bonds is 6. The third kappa shape index (κ3) is 9.94. The third-order valence-electron chi connectivity index (χ3n) is 1.52. The molecule has 4 N–H and O–H groups in total. The van der Waals surface area contributed by atoms with E-state index in [1.165, 1.54) is 0 Å². The van der Waals surface area contributed by atoms with Crippen molar-refractivity contribution in [2.24, 2.45) is 11.8 Å². The predicted molar refractivity (Wildman–Crippen MR) is 44.8 cm³/mol. The Labute approximate surface area is 106 Å². The molecule has 0 aliphatic carbocycles. The molecule has 0 bridgehead atoms. The first-order valence-electron chi connectivity index (χ1n) is 4.00. The molecule has 0 spiro atoms. The van der Waals surface area contributed by atoms with Crippen molar-refractivity contribution >= 4 is 11.9 Å². The van der Waals surface area contributed by atoms with E-state index in [-0.39, 0.29) is 43.8 Å². The zero-order valence-electron chi connectivity index (χ0n) is 9.32. The van der Waals surface area contributed by atoms with Crippen LogP contribution in [0.1, 0.15) is 33.5 Å². The molecule has 0 rings (SSSR count). The molecule has 0 unspecified atom stereocenters. The van der Waals surface area contributed by atoms with Crippen molar-refractivity contribution in [3.63, 3.8) is 0 Å². The van der Waals surface area contributed by atoms with E-state index in [2.05, 4.69) is 21.5 Å². The first-order chi connectivity index (χ1) is 6.20. The molecule has 0 amide bonds. The van der Waals surface area contributed by atoms with Crippen molar-refractivity contribution in [1.29, 1.82) is 0 Å². The van der Waals surface area contributed by atoms with Gasteiger partial charge in [-0.1, -0.05) is 6.42 Å². The number of unbranched alkanes of at least 4 members (excludes halogenated alkanes) is 2. The van der Waals surface area contributed by atoms with Crippen molar-refractivity contribution in [3.8, 4) is 0 Å². The van der Waals surface area contributed by atoms with E-state index in [1.54, 1.807) is 0 Å². The maximum atomic E-state index is 10.5. The standard InChI is InChI=1S/C7H14N2O4.Na.H/c8-12-6(10)4-2-1-3-5-7(11)13-9;;/h1-5,8-9H2;;/q;+1;-1. The SMILES string of the molecule is NOC(=O)CCCCCC(=O)ON.[H-].[Na+]. The van der Waals surface area contributed by atoms with Crippen molar-refractivity contribution in [3.05, 3.63) is 0 Å². The van der Waals surface area contributed by atoms with E-state index in [9.17, 15) is 9.59 Å². The summed E-state index contributed by atoms with van der Waals surface area (Å²) in [6.07, 6.45) is 2.58. The van der Waals surface area contributed by atoms with Crippen molar-refractivity contribution in [2.45, 2.75) is 32.1 Å². The Hall–Kier alpha value is -0.140. The molecule has 14 heavy (non-hydrogen) atoms. The number of hydrogen-bond donors (Lipinski definition) is 2. The predicted octanol–water partition coefficient (Wildman–Crippen LogP) is -3.11. The molecule has 0 radical (unpaired) electrons. The molecule has 78 valence electrons. The number of hydrogen-bond acceptors (Lipinski definition) is 6. The zero-order valence-corrected chi connectivity index (χ0v) is 10.3. The molecule has 7 heteroatoms. The average Bonchev–Trinajstić information content (AvgIpc) is 2.16. The fraction of sp³-hybridized carbons (Fsp3) is 0.714. The Morgan fingerprint density at radius 1 is 0.929 bits per heavy atom. The monoisotopic (exact) mass is 214 g/mol. The van der Waals surface area contributed by atoms with Gasteiger partial charge in [-0.25, -0.2) is 0 Å². The summed E-state index contributed by atoms with van der Waals surface area (Å²) in [5.41, 5.74) is 0. The molecule has 0 atom stereocenters. The van der Waals surface area contributed by atoms with Gasteiger partial charge in [0.25, 0.3) is 0 Å². The fourth-order valence-corrected chi connectivity index (χ4v) is 0.833. The summed E-state index contributed by atoms with van der Waals surface area (Å²) in [6.45, 7) is 0. The molecule has 0 aromatic rings. The van der Waals surface area contributed by atoms with E-state index in [1.807, 2.05) is 0 Å². The summed E-state index contributed by atoms with van der Waals surface area (Å²) >= 11 is 0. The molecule has 0 aliphatic heterocycles. The topological polar surface area (TPSA) is 105 Å². The molecule has 6 nitrogen and oxygen atoms in total. The average molecular weight is 214 g/mol. The van der Waals surface area contributed by atoms with Gasteiger partial charge in [0.05, 0.1) is 0 Å². The largest absolute Gasteiger partial charge is 1.00 e. The molecule has 0 aromatic carbocycles. The van der Waals surface area contributed by atoms with E-state index in [4.69, 9.17) is 0 Å². The fourth-order valence-electron chi connectivity index (χ4n) is 0.833. The molecular formula is C7H15N2NaO4. The molecule has 0 aromatic heterocycles. The summed E-state index contributed by atoms with van der Waals surface area (Å²) in [5.74, 6) is 8.35. The van der Waals surface area contributed by atoms with Crippen LogP contribution >= 0.6 is 0 Å². The van der Waals surface area contributed by atoms with Crippen LogP contribution in [0, 0.1) is 0 Å². The Kier molecular flexibility index (Phi) is 12.7. The van der Waals surface area contributed by atoms with Gasteiger partial charge < -0.3 is 11.1 Å². The maximum absolute atomic E-state index is 10.5. The van der Waals surface area contributed by atoms with E-state index < -0.39 is 11.9 Å². The van der Waals surface area contributed by atoms with Gasteiger partial charge in [0.2, 0.25) is 0 Å². The summed E-state index contributed by atoms with van der Waals surface area (Å²) in [4.78, 5) is 28.9. The minimum Gasteiger partial charge on any atom is -1.00 e. The van der Waals surface area contributed by atoms with Crippen LogP contribution < -0.4 is 41.4 Å².